The van der Waals surface area contributed by atoms with Crippen molar-refractivity contribution < 1.29 is 18.6 Å². The van der Waals surface area contributed by atoms with Crippen LogP contribution >= 0.6 is 24.0 Å². The number of nitrogens with one attached hydrogen (secondary N) is 1. The molecule has 28 heavy (non-hydrogen) atoms. The maximum absolute atomic E-state index is 14.1. The highest BCUT2D eigenvalue weighted by Crippen LogP contribution is 2.35. The van der Waals surface area contributed by atoms with Gasteiger partial charge in [-0.1, -0.05) is 11.6 Å². The van der Waals surface area contributed by atoms with Crippen LogP contribution in [0.5, 0.6) is 11.5 Å². The van der Waals surface area contributed by atoms with Gasteiger partial charge in [-0.2, -0.15) is 0 Å². The molecule has 0 bridgehead atoms. The molecule has 6 nitrogen and oxygen atoms in total. The average Bonchev–Trinajstić information content (AvgIpc) is 2.67. The fraction of sp³-hybridized carbons (Fsp3) is 0.263. The number of hydrogen-bond acceptors (Lipinski definition) is 6. The SMILES string of the molecule is CCOCCOc1cc2ncnc(Nc3ccc(Cl)cc3F)c2cc1OC.Cl. The summed E-state index contributed by atoms with van der Waals surface area (Å²) in [5, 5.41) is 3.96. The molecule has 2 aromatic carbocycles. The van der Waals surface area contributed by atoms with E-state index in [1.807, 2.05) is 6.92 Å². The lowest BCUT2D eigenvalue weighted by Crippen LogP contribution is -2.07. The van der Waals surface area contributed by atoms with Crippen LogP contribution in [0, 0.1) is 5.82 Å². The van der Waals surface area contributed by atoms with Crippen LogP contribution in [0.3, 0.4) is 0 Å². The highest BCUT2D eigenvalue weighted by molar-refractivity contribution is 6.30. The molecule has 0 aliphatic rings. The molecule has 0 aliphatic heterocycles. The van der Waals surface area contributed by atoms with Crippen molar-refractivity contribution in [2.24, 2.45) is 0 Å². The molecule has 150 valence electrons. The highest BCUT2D eigenvalue weighted by Gasteiger charge is 2.13. The number of hydrogen-bond donors (Lipinski definition) is 1. The predicted molar refractivity (Wildman–Crippen MR) is 110 cm³/mol. The normalized spacial score (nSPS) is 10.4. The Kier molecular flexibility index (Phi) is 8.04. The van der Waals surface area contributed by atoms with Gasteiger partial charge in [0.15, 0.2) is 11.5 Å². The van der Waals surface area contributed by atoms with E-state index in [2.05, 4.69) is 15.3 Å². The molecule has 0 atom stereocenters. The molecule has 0 saturated heterocycles. The Morgan fingerprint density at radius 3 is 2.64 bits per heavy atom. The lowest BCUT2D eigenvalue weighted by molar-refractivity contribution is 0.109. The minimum atomic E-state index is -0.475. The molecule has 0 aliphatic carbocycles. The van der Waals surface area contributed by atoms with E-state index in [1.165, 1.54) is 12.4 Å². The number of ether oxygens (including phenoxy) is 3. The second-order valence-corrected chi connectivity index (χ2v) is 5.97. The maximum atomic E-state index is 14.1. The van der Waals surface area contributed by atoms with Crippen molar-refractivity contribution in [3.63, 3.8) is 0 Å². The number of anilines is 2. The molecule has 1 N–H and O–H groups in total. The summed E-state index contributed by atoms with van der Waals surface area (Å²) in [6.07, 6.45) is 1.40. The van der Waals surface area contributed by atoms with E-state index in [1.54, 1.807) is 31.4 Å². The Hall–Kier alpha value is -2.35. The topological polar surface area (TPSA) is 65.5 Å². The van der Waals surface area contributed by atoms with Crippen LogP contribution in [-0.2, 0) is 4.74 Å². The van der Waals surface area contributed by atoms with Gasteiger partial charge in [0.05, 0.1) is 24.9 Å². The van der Waals surface area contributed by atoms with Gasteiger partial charge in [-0.05, 0) is 31.2 Å². The summed E-state index contributed by atoms with van der Waals surface area (Å²) in [6.45, 7) is 3.42. The largest absolute Gasteiger partial charge is 0.493 e. The first-order chi connectivity index (χ1) is 13.1. The molecule has 0 fully saturated rings. The fourth-order valence-corrected chi connectivity index (χ4v) is 2.67. The maximum Gasteiger partial charge on any atom is 0.163 e. The summed E-state index contributed by atoms with van der Waals surface area (Å²) in [4.78, 5) is 8.49. The minimum Gasteiger partial charge on any atom is -0.493 e. The number of methoxy groups -OCH3 is 1. The van der Waals surface area contributed by atoms with Crippen LogP contribution in [0.4, 0.5) is 15.9 Å². The van der Waals surface area contributed by atoms with Crippen LogP contribution in [0.25, 0.3) is 10.9 Å². The summed E-state index contributed by atoms with van der Waals surface area (Å²) in [6, 6.07) is 7.89. The molecule has 1 aromatic heterocycles. The first-order valence-electron chi connectivity index (χ1n) is 8.37. The summed E-state index contributed by atoms with van der Waals surface area (Å²) in [5.74, 6) is 1.04. The van der Waals surface area contributed by atoms with Gasteiger partial charge in [0.25, 0.3) is 0 Å². The number of nitrogens with zero attached hydrogens (tertiary/aromatic N) is 2. The van der Waals surface area contributed by atoms with Crippen molar-refractivity contribution in [3.8, 4) is 11.5 Å². The Bertz CT molecular complexity index is 944. The Balaban J connectivity index is 0.00000280. The van der Waals surface area contributed by atoms with E-state index in [-0.39, 0.29) is 18.1 Å². The summed E-state index contributed by atoms with van der Waals surface area (Å²) < 4.78 is 30.5. The second-order valence-electron chi connectivity index (χ2n) is 5.54. The van der Waals surface area contributed by atoms with Gasteiger partial charge in [-0.3, -0.25) is 0 Å². The third-order valence-corrected chi connectivity index (χ3v) is 4.03. The molecule has 0 saturated carbocycles. The monoisotopic (exact) mass is 427 g/mol. The average molecular weight is 428 g/mol. The first kappa shape index (κ1) is 21.9. The molecule has 0 radical (unpaired) electrons. The van der Waals surface area contributed by atoms with Gasteiger partial charge in [0, 0.05) is 23.1 Å². The second kappa shape index (κ2) is 10.3. The minimum absolute atomic E-state index is 0. The predicted octanol–water partition coefficient (Wildman–Crippen LogP) is 5.01. The summed E-state index contributed by atoms with van der Waals surface area (Å²) in [7, 11) is 1.55. The van der Waals surface area contributed by atoms with E-state index in [9.17, 15) is 4.39 Å². The van der Waals surface area contributed by atoms with Gasteiger partial charge in [-0.25, -0.2) is 14.4 Å². The fourth-order valence-electron chi connectivity index (χ4n) is 2.51. The lowest BCUT2D eigenvalue weighted by atomic mass is 10.2. The zero-order valence-corrected chi connectivity index (χ0v) is 16.9. The molecule has 3 aromatic rings. The highest BCUT2D eigenvalue weighted by atomic mass is 35.5. The summed E-state index contributed by atoms with van der Waals surface area (Å²) in [5.41, 5.74) is 0.893. The molecule has 0 spiro atoms. The third-order valence-electron chi connectivity index (χ3n) is 3.79. The zero-order chi connectivity index (χ0) is 19.2. The van der Waals surface area contributed by atoms with Crippen molar-refractivity contribution in [1.82, 2.24) is 9.97 Å². The number of rotatable bonds is 8. The lowest BCUT2D eigenvalue weighted by Gasteiger charge is -2.14. The van der Waals surface area contributed by atoms with Crippen molar-refractivity contribution >= 4 is 46.4 Å². The molecule has 0 unspecified atom stereocenters. The van der Waals surface area contributed by atoms with Gasteiger partial charge in [-0.15, -0.1) is 12.4 Å². The molecule has 3 rings (SSSR count). The van der Waals surface area contributed by atoms with Crippen LogP contribution in [0.1, 0.15) is 6.92 Å². The smallest absolute Gasteiger partial charge is 0.163 e. The molecular weight excluding hydrogens is 408 g/mol. The van der Waals surface area contributed by atoms with E-state index >= 15 is 0 Å². The van der Waals surface area contributed by atoms with Gasteiger partial charge in [0.1, 0.15) is 24.6 Å². The van der Waals surface area contributed by atoms with Crippen LogP contribution in [0.15, 0.2) is 36.7 Å². The van der Waals surface area contributed by atoms with E-state index in [0.29, 0.717) is 53.1 Å². The van der Waals surface area contributed by atoms with Crippen LogP contribution in [0.2, 0.25) is 5.02 Å². The van der Waals surface area contributed by atoms with E-state index < -0.39 is 5.82 Å². The first-order valence-corrected chi connectivity index (χ1v) is 8.75. The Labute approximate surface area is 173 Å². The van der Waals surface area contributed by atoms with Crippen molar-refractivity contribution in [3.05, 3.63) is 47.5 Å². The quantitative estimate of drug-likeness (QED) is 0.509. The zero-order valence-electron chi connectivity index (χ0n) is 15.4. The molecule has 0 amide bonds. The Morgan fingerprint density at radius 2 is 1.93 bits per heavy atom. The molecule has 9 heteroatoms. The number of benzene rings is 2. The van der Waals surface area contributed by atoms with Crippen LogP contribution in [-0.4, -0.2) is 36.9 Å². The van der Waals surface area contributed by atoms with Gasteiger partial charge < -0.3 is 19.5 Å². The van der Waals surface area contributed by atoms with Crippen molar-refractivity contribution in [1.29, 1.82) is 0 Å². The molecular formula is C19H20Cl2FN3O3. The van der Waals surface area contributed by atoms with E-state index in [4.69, 9.17) is 25.8 Å². The third kappa shape index (κ3) is 5.13. The van der Waals surface area contributed by atoms with Crippen molar-refractivity contribution in [2.45, 2.75) is 6.92 Å². The Morgan fingerprint density at radius 1 is 1.11 bits per heavy atom. The summed E-state index contributed by atoms with van der Waals surface area (Å²) >= 11 is 5.80. The standard InChI is InChI=1S/C19H19ClFN3O3.ClH/c1-3-26-6-7-27-18-10-16-13(9-17(18)25-2)19(23-11-22-16)24-15-5-4-12(20)8-14(15)21;/h4-5,8-11H,3,6-7H2,1-2H3,(H,22,23,24);1H. The van der Waals surface area contributed by atoms with Crippen LogP contribution < -0.4 is 14.8 Å². The number of halogens is 3. The van der Waals surface area contributed by atoms with Gasteiger partial charge >= 0.3 is 0 Å². The molecule has 1 heterocycles. The van der Waals surface area contributed by atoms with Crippen molar-refractivity contribution in [2.75, 3.05) is 32.2 Å². The van der Waals surface area contributed by atoms with Gasteiger partial charge in [0.2, 0.25) is 0 Å². The number of aromatic nitrogens is 2. The number of fused-ring (bicyclic) bond motifs is 1. The van der Waals surface area contributed by atoms with E-state index in [0.717, 1.165) is 0 Å².